The van der Waals surface area contributed by atoms with Gasteiger partial charge < -0.3 is 10.1 Å². The molecule has 0 aliphatic carbocycles. The number of aromatic nitrogens is 1. The molecule has 1 aromatic rings. The highest BCUT2D eigenvalue weighted by molar-refractivity contribution is 7.11. The highest BCUT2D eigenvalue weighted by Gasteiger charge is 2.19. The number of nitrogens with zero attached hydrogens (tertiary/aromatic N) is 1. The summed E-state index contributed by atoms with van der Waals surface area (Å²) in [6, 6.07) is 0.277. The number of methoxy groups -OCH3 is 1. The average Bonchev–Trinajstić information content (AvgIpc) is 2.54. The van der Waals surface area contributed by atoms with Crippen LogP contribution in [-0.2, 0) is 4.74 Å². The van der Waals surface area contributed by atoms with E-state index in [0.717, 1.165) is 17.2 Å². The first-order valence-electron chi connectivity index (χ1n) is 5.58. The molecule has 1 N–H and O–H groups in total. The third-order valence-corrected chi connectivity index (χ3v) is 3.64. The fraction of sp³-hybridized carbons (Fsp3) is 0.750. The Morgan fingerprint density at radius 2 is 2.06 bits per heavy atom. The molecule has 0 aliphatic heterocycles. The van der Waals surface area contributed by atoms with Gasteiger partial charge in [-0.2, -0.15) is 0 Å². The minimum absolute atomic E-state index is 0.132. The lowest BCUT2D eigenvalue weighted by Gasteiger charge is -2.25. The van der Waals surface area contributed by atoms with E-state index in [9.17, 15) is 0 Å². The van der Waals surface area contributed by atoms with Gasteiger partial charge in [0.05, 0.1) is 16.3 Å². The number of thiazole rings is 1. The van der Waals surface area contributed by atoms with Crippen LogP contribution in [0.3, 0.4) is 0 Å². The van der Waals surface area contributed by atoms with Crippen LogP contribution in [-0.4, -0.2) is 24.2 Å². The van der Waals surface area contributed by atoms with Gasteiger partial charge in [0.1, 0.15) is 0 Å². The number of ether oxygens (including phenoxy) is 1. The molecule has 16 heavy (non-hydrogen) atoms. The standard InChI is InChI=1S/C12H22N2OS/c1-8(13-7-12(4,5)15-6)11-9(2)16-10(3)14-11/h8,13H,7H2,1-6H3. The van der Waals surface area contributed by atoms with Crippen molar-refractivity contribution in [2.45, 2.75) is 46.3 Å². The summed E-state index contributed by atoms with van der Waals surface area (Å²) >= 11 is 1.75. The first kappa shape index (κ1) is 13.6. The van der Waals surface area contributed by atoms with Gasteiger partial charge in [-0.15, -0.1) is 11.3 Å². The molecule has 1 aromatic heterocycles. The fourth-order valence-electron chi connectivity index (χ4n) is 1.51. The van der Waals surface area contributed by atoms with Crippen LogP contribution in [0.15, 0.2) is 0 Å². The van der Waals surface area contributed by atoms with Gasteiger partial charge >= 0.3 is 0 Å². The van der Waals surface area contributed by atoms with E-state index in [1.807, 2.05) is 6.92 Å². The molecular weight excluding hydrogens is 220 g/mol. The second kappa shape index (κ2) is 5.25. The van der Waals surface area contributed by atoms with Gasteiger partial charge in [0, 0.05) is 24.6 Å². The summed E-state index contributed by atoms with van der Waals surface area (Å²) in [6.45, 7) is 11.3. The van der Waals surface area contributed by atoms with Gasteiger partial charge in [0.25, 0.3) is 0 Å². The van der Waals surface area contributed by atoms with E-state index in [0.29, 0.717) is 0 Å². The van der Waals surface area contributed by atoms with Crippen LogP contribution < -0.4 is 5.32 Å². The summed E-state index contributed by atoms with van der Waals surface area (Å²) in [7, 11) is 1.74. The minimum atomic E-state index is -0.132. The van der Waals surface area contributed by atoms with Crippen LogP contribution in [0.4, 0.5) is 0 Å². The first-order valence-corrected chi connectivity index (χ1v) is 6.40. The molecule has 0 spiro atoms. The van der Waals surface area contributed by atoms with Gasteiger partial charge in [-0.1, -0.05) is 0 Å². The maximum absolute atomic E-state index is 5.38. The molecule has 0 aromatic carbocycles. The van der Waals surface area contributed by atoms with Crippen molar-refractivity contribution in [1.29, 1.82) is 0 Å². The smallest absolute Gasteiger partial charge is 0.0900 e. The molecule has 0 saturated carbocycles. The summed E-state index contributed by atoms with van der Waals surface area (Å²) in [4.78, 5) is 5.85. The van der Waals surface area contributed by atoms with Crippen molar-refractivity contribution >= 4 is 11.3 Å². The second-order valence-corrected chi connectivity index (χ2v) is 6.15. The van der Waals surface area contributed by atoms with Crippen LogP contribution in [0.5, 0.6) is 0 Å². The fourth-order valence-corrected chi connectivity index (χ4v) is 2.43. The zero-order chi connectivity index (χ0) is 12.3. The predicted octanol–water partition coefficient (Wildman–Crippen LogP) is 2.84. The third-order valence-electron chi connectivity index (χ3n) is 2.74. The highest BCUT2D eigenvalue weighted by atomic mass is 32.1. The van der Waals surface area contributed by atoms with Gasteiger partial charge in [0.2, 0.25) is 0 Å². The van der Waals surface area contributed by atoms with E-state index < -0.39 is 0 Å². The van der Waals surface area contributed by atoms with Crippen LogP contribution in [0.1, 0.15) is 42.4 Å². The number of hydrogen-bond acceptors (Lipinski definition) is 4. The Bertz CT molecular complexity index is 347. The summed E-state index contributed by atoms with van der Waals surface area (Å²) < 4.78 is 5.38. The largest absolute Gasteiger partial charge is 0.377 e. The molecule has 0 saturated heterocycles. The number of rotatable bonds is 5. The van der Waals surface area contributed by atoms with Gasteiger partial charge in [-0.05, 0) is 34.6 Å². The summed E-state index contributed by atoms with van der Waals surface area (Å²) in [5, 5.41) is 4.60. The van der Waals surface area contributed by atoms with Crippen molar-refractivity contribution in [2.75, 3.05) is 13.7 Å². The molecule has 1 rings (SSSR count). The van der Waals surface area contributed by atoms with Crippen molar-refractivity contribution in [3.63, 3.8) is 0 Å². The Kier molecular flexibility index (Phi) is 4.47. The number of aryl methyl sites for hydroxylation is 2. The van der Waals surface area contributed by atoms with Crippen LogP contribution in [0.2, 0.25) is 0 Å². The van der Waals surface area contributed by atoms with E-state index in [-0.39, 0.29) is 11.6 Å². The van der Waals surface area contributed by atoms with Crippen LogP contribution >= 0.6 is 11.3 Å². The molecule has 0 aliphatic rings. The topological polar surface area (TPSA) is 34.1 Å². The molecule has 0 radical (unpaired) electrons. The lowest BCUT2D eigenvalue weighted by Crippen LogP contribution is -2.38. The van der Waals surface area contributed by atoms with Gasteiger partial charge in [-0.3, -0.25) is 0 Å². The molecule has 3 nitrogen and oxygen atoms in total. The molecule has 0 amide bonds. The SMILES string of the molecule is COC(C)(C)CNC(C)c1nc(C)sc1C. The van der Waals surface area contributed by atoms with Gasteiger partial charge in [0.15, 0.2) is 0 Å². The second-order valence-electron chi connectivity index (χ2n) is 4.74. The Labute approximate surface area is 102 Å². The zero-order valence-electron chi connectivity index (χ0n) is 11.0. The first-order chi connectivity index (χ1) is 7.35. The minimum Gasteiger partial charge on any atom is -0.377 e. The maximum atomic E-state index is 5.38. The van der Waals surface area contributed by atoms with Crippen molar-refractivity contribution in [3.05, 3.63) is 15.6 Å². The summed E-state index contributed by atoms with van der Waals surface area (Å²) in [5.74, 6) is 0. The average molecular weight is 242 g/mol. The van der Waals surface area contributed by atoms with E-state index in [2.05, 4.69) is 38.0 Å². The summed E-state index contributed by atoms with van der Waals surface area (Å²) in [6.07, 6.45) is 0. The van der Waals surface area contributed by atoms with E-state index >= 15 is 0 Å². The van der Waals surface area contributed by atoms with Crippen LogP contribution in [0, 0.1) is 13.8 Å². The molecule has 0 bridgehead atoms. The van der Waals surface area contributed by atoms with E-state index in [4.69, 9.17) is 4.74 Å². The normalized spacial score (nSPS) is 14.1. The molecular formula is C12H22N2OS. The van der Waals surface area contributed by atoms with E-state index in [1.165, 1.54) is 4.88 Å². The lowest BCUT2D eigenvalue weighted by atomic mass is 10.1. The molecule has 1 unspecified atom stereocenters. The quantitative estimate of drug-likeness (QED) is 0.862. The van der Waals surface area contributed by atoms with Crippen LogP contribution in [0.25, 0.3) is 0 Å². The molecule has 4 heteroatoms. The molecule has 1 heterocycles. The van der Waals surface area contributed by atoms with E-state index in [1.54, 1.807) is 18.4 Å². The molecule has 0 fully saturated rings. The Balaban J connectivity index is 2.59. The molecule has 92 valence electrons. The zero-order valence-corrected chi connectivity index (χ0v) is 11.9. The monoisotopic (exact) mass is 242 g/mol. The Morgan fingerprint density at radius 3 is 2.50 bits per heavy atom. The lowest BCUT2D eigenvalue weighted by molar-refractivity contribution is 0.0213. The van der Waals surface area contributed by atoms with Crippen molar-refractivity contribution < 1.29 is 4.74 Å². The Morgan fingerprint density at radius 1 is 1.44 bits per heavy atom. The maximum Gasteiger partial charge on any atom is 0.0900 e. The Hall–Kier alpha value is -0.450. The van der Waals surface area contributed by atoms with Gasteiger partial charge in [-0.25, -0.2) is 4.98 Å². The molecule has 1 atom stereocenters. The third kappa shape index (κ3) is 3.54. The number of nitrogens with one attached hydrogen (secondary N) is 1. The number of hydrogen-bond donors (Lipinski definition) is 1. The van der Waals surface area contributed by atoms with Crippen molar-refractivity contribution in [2.24, 2.45) is 0 Å². The van der Waals surface area contributed by atoms with Crippen molar-refractivity contribution in [1.82, 2.24) is 10.3 Å². The highest BCUT2D eigenvalue weighted by Crippen LogP contribution is 2.22. The predicted molar refractivity (Wildman–Crippen MR) is 69.1 cm³/mol. The van der Waals surface area contributed by atoms with Crippen molar-refractivity contribution in [3.8, 4) is 0 Å². The summed E-state index contributed by atoms with van der Waals surface area (Å²) in [5.41, 5.74) is 1.03.